The number of allylic oxidation sites excluding steroid dienone is 8. The minimum absolute atomic E-state index is 0.172. The molecule has 49 heavy (non-hydrogen) atoms. The molecule has 8 rings (SSSR count). The Bertz CT molecular complexity index is 2360. The Hall–Kier alpha value is -6.07. The van der Waals surface area contributed by atoms with Gasteiger partial charge in [0.25, 0.3) is 0 Å². The lowest BCUT2D eigenvalue weighted by molar-refractivity contribution is 0.689. The molecule has 0 radical (unpaired) electrons. The Morgan fingerprint density at radius 3 is 2.29 bits per heavy atom. The van der Waals surface area contributed by atoms with Crippen molar-refractivity contribution in [3.05, 3.63) is 175 Å². The van der Waals surface area contributed by atoms with E-state index in [1.54, 1.807) is 0 Å². The maximum Gasteiger partial charge on any atom is 0.164 e. The maximum atomic E-state index is 4.89. The molecule has 1 unspecified atom stereocenters. The second-order valence-corrected chi connectivity index (χ2v) is 12.4. The molecule has 5 nitrogen and oxygen atoms in total. The van der Waals surface area contributed by atoms with Gasteiger partial charge in [0.1, 0.15) is 0 Å². The van der Waals surface area contributed by atoms with Gasteiger partial charge in [0.15, 0.2) is 17.5 Å². The molecule has 6 aromatic rings. The molecule has 4 aromatic carbocycles. The molecule has 1 atom stereocenters. The van der Waals surface area contributed by atoms with Crippen LogP contribution in [0, 0.1) is 0 Å². The largest absolute Gasteiger partial charge is 0.333 e. The van der Waals surface area contributed by atoms with E-state index in [9.17, 15) is 0 Å². The third-order valence-electron chi connectivity index (χ3n) is 9.54. The number of para-hydroxylation sites is 1. The average Bonchev–Trinajstić information content (AvgIpc) is 3.74. The zero-order valence-corrected chi connectivity index (χ0v) is 28.0. The fourth-order valence-corrected chi connectivity index (χ4v) is 7.32. The number of nitrogens with zero attached hydrogens (tertiary/aromatic N) is 5. The first-order valence-electron chi connectivity index (χ1n) is 16.8. The van der Waals surface area contributed by atoms with E-state index in [-0.39, 0.29) is 6.04 Å². The lowest BCUT2D eigenvalue weighted by atomic mass is 9.85. The molecule has 3 heterocycles. The zero-order valence-electron chi connectivity index (χ0n) is 28.0. The lowest BCUT2D eigenvalue weighted by Crippen LogP contribution is -2.27. The minimum Gasteiger partial charge on any atom is -0.333 e. The number of fused-ring (bicyclic) bond motifs is 2. The summed E-state index contributed by atoms with van der Waals surface area (Å²) in [7, 11) is 0. The van der Waals surface area contributed by atoms with Crippen molar-refractivity contribution in [2.75, 3.05) is 4.90 Å². The van der Waals surface area contributed by atoms with E-state index in [1.165, 1.54) is 44.5 Å². The van der Waals surface area contributed by atoms with Gasteiger partial charge in [-0.15, -0.1) is 0 Å². The second-order valence-electron chi connectivity index (χ2n) is 12.4. The summed E-state index contributed by atoms with van der Waals surface area (Å²) >= 11 is 0. The first kappa shape index (κ1) is 30.3. The monoisotopic (exact) mass is 635 g/mol. The van der Waals surface area contributed by atoms with Gasteiger partial charge in [-0.2, -0.15) is 0 Å². The van der Waals surface area contributed by atoms with Gasteiger partial charge in [0, 0.05) is 50.9 Å². The molecule has 0 N–H and O–H groups in total. The van der Waals surface area contributed by atoms with Crippen LogP contribution in [0.15, 0.2) is 152 Å². The minimum atomic E-state index is 0.172. The first-order chi connectivity index (χ1) is 24.1. The van der Waals surface area contributed by atoms with E-state index in [2.05, 4.69) is 108 Å². The van der Waals surface area contributed by atoms with Gasteiger partial charge in [-0.3, -0.25) is 0 Å². The van der Waals surface area contributed by atoms with Crippen molar-refractivity contribution in [2.24, 2.45) is 0 Å². The van der Waals surface area contributed by atoms with Gasteiger partial charge >= 0.3 is 0 Å². The van der Waals surface area contributed by atoms with Gasteiger partial charge in [-0.25, -0.2) is 15.0 Å². The predicted molar refractivity (Wildman–Crippen MR) is 203 cm³/mol. The number of hydrogen-bond acceptors (Lipinski definition) is 4. The van der Waals surface area contributed by atoms with E-state index in [0.29, 0.717) is 17.5 Å². The summed E-state index contributed by atoms with van der Waals surface area (Å²) in [6, 6.07) is 34.4. The molecular formula is C44H37N5. The third-order valence-corrected chi connectivity index (χ3v) is 9.54. The van der Waals surface area contributed by atoms with Crippen LogP contribution in [0.2, 0.25) is 0 Å². The number of anilines is 1. The molecular weight excluding hydrogens is 599 g/mol. The second kappa shape index (κ2) is 12.5. The van der Waals surface area contributed by atoms with Crippen molar-refractivity contribution in [1.29, 1.82) is 0 Å². The predicted octanol–water partition coefficient (Wildman–Crippen LogP) is 10.7. The summed E-state index contributed by atoms with van der Waals surface area (Å²) < 4.78 is 2.34. The lowest BCUT2D eigenvalue weighted by Gasteiger charge is -2.33. The molecule has 0 bridgehead atoms. The number of aromatic nitrogens is 4. The van der Waals surface area contributed by atoms with Gasteiger partial charge < -0.3 is 9.47 Å². The molecule has 0 saturated carbocycles. The van der Waals surface area contributed by atoms with Crippen molar-refractivity contribution in [2.45, 2.75) is 33.2 Å². The molecule has 2 aromatic heterocycles. The summed E-state index contributed by atoms with van der Waals surface area (Å²) in [6.07, 6.45) is 15.6. The summed E-state index contributed by atoms with van der Waals surface area (Å²) in [4.78, 5) is 17.1. The quantitative estimate of drug-likeness (QED) is 0.156. The summed E-state index contributed by atoms with van der Waals surface area (Å²) in [5, 5.41) is 2.60. The highest BCUT2D eigenvalue weighted by Gasteiger charge is 2.39. The smallest absolute Gasteiger partial charge is 0.164 e. The van der Waals surface area contributed by atoms with Crippen LogP contribution in [0.25, 0.3) is 50.3 Å². The molecule has 238 valence electrons. The molecule has 1 aliphatic carbocycles. The van der Waals surface area contributed by atoms with E-state index in [0.717, 1.165) is 28.8 Å². The number of benzene rings is 4. The van der Waals surface area contributed by atoms with E-state index in [1.807, 2.05) is 68.5 Å². The molecule has 0 saturated heterocycles. The Morgan fingerprint density at radius 2 is 1.53 bits per heavy atom. The van der Waals surface area contributed by atoms with Crippen LogP contribution in [0.3, 0.4) is 0 Å². The molecule has 1 aliphatic heterocycles. The maximum absolute atomic E-state index is 4.89. The summed E-state index contributed by atoms with van der Waals surface area (Å²) in [5.41, 5.74) is 11.5. The Kier molecular flexibility index (Phi) is 7.73. The van der Waals surface area contributed by atoms with E-state index < -0.39 is 0 Å². The first-order valence-corrected chi connectivity index (χ1v) is 16.8. The number of hydrogen-bond donors (Lipinski definition) is 0. The van der Waals surface area contributed by atoms with Crippen LogP contribution >= 0.6 is 0 Å². The zero-order chi connectivity index (χ0) is 33.5. The molecule has 0 spiro atoms. The fraction of sp³-hybridized carbons (Fsp3) is 0.114. The van der Waals surface area contributed by atoms with Gasteiger partial charge in [-0.05, 0) is 80.1 Å². The van der Waals surface area contributed by atoms with Crippen LogP contribution in [-0.4, -0.2) is 19.5 Å². The van der Waals surface area contributed by atoms with Gasteiger partial charge in [0.2, 0.25) is 0 Å². The Balaban J connectivity index is 1.18. The Morgan fingerprint density at radius 1 is 0.755 bits per heavy atom. The van der Waals surface area contributed by atoms with Gasteiger partial charge in [0.05, 0.1) is 11.7 Å². The third kappa shape index (κ3) is 5.15. The van der Waals surface area contributed by atoms with Crippen LogP contribution < -0.4 is 4.90 Å². The van der Waals surface area contributed by atoms with Crippen molar-refractivity contribution in [3.8, 4) is 28.3 Å². The Labute approximate surface area is 287 Å². The summed E-state index contributed by atoms with van der Waals surface area (Å²) in [5.74, 6) is 1.80. The van der Waals surface area contributed by atoms with Crippen LogP contribution in [0.1, 0.15) is 49.6 Å². The fourth-order valence-electron chi connectivity index (χ4n) is 7.32. The highest BCUT2D eigenvalue weighted by Crippen LogP contribution is 2.54. The highest BCUT2D eigenvalue weighted by atomic mass is 15.2. The molecule has 0 fully saturated rings. The number of rotatable bonds is 8. The van der Waals surface area contributed by atoms with Crippen molar-refractivity contribution < 1.29 is 0 Å². The molecule has 5 heteroatoms. The van der Waals surface area contributed by atoms with Gasteiger partial charge in [-0.1, -0.05) is 104 Å². The van der Waals surface area contributed by atoms with Crippen LogP contribution in [0.4, 0.5) is 5.69 Å². The topological polar surface area (TPSA) is 46.8 Å². The van der Waals surface area contributed by atoms with Crippen molar-refractivity contribution in [3.63, 3.8) is 0 Å². The normalized spacial score (nSPS) is 15.5. The van der Waals surface area contributed by atoms with E-state index >= 15 is 0 Å². The summed E-state index contributed by atoms with van der Waals surface area (Å²) in [6.45, 7) is 10.5. The van der Waals surface area contributed by atoms with Crippen molar-refractivity contribution >= 4 is 27.6 Å². The molecule has 2 aliphatic rings. The van der Waals surface area contributed by atoms with Crippen LogP contribution in [0.5, 0.6) is 0 Å². The highest BCUT2D eigenvalue weighted by molar-refractivity contribution is 6.06. The SMILES string of the molecule is C=C(/C=C\C(=C/C)N1c2cccc3ccc4c(c23)C1Cc1ccn(-c2ccccc2)c1-4)c1nc(C(/C=C\C)=C/C)nc(-c2ccccc2)n1. The standard InChI is InChI=1S/C44H37N5/c1-5-15-30(6-2)43-45-42(46-44(47-43)32-16-10-8-11-17-32)29(4)22-24-34(7-3)49-37-21-14-18-31-23-25-36-40(39(31)37)38(49)28-33-26-27-48(41(33)36)35-19-12-9-13-20-35/h5-27,38H,4,28H2,1-3H3/b15-5-,24-22-,30-6+,34-7+. The molecule has 0 amide bonds. The van der Waals surface area contributed by atoms with E-state index in [4.69, 9.17) is 15.0 Å². The average molecular weight is 636 g/mol. The van der Waals surface area contributed by atoms with Crippen LogP contribution in [-0.2, 0) is 6.42 Å². The van der Waals surface area contributed by atoms with Crippen molar-refractivity contribution in [1.82, 2.24) is 19.5 Å².